The summed E-state index contributed by atoms with van der Waals surface area (Å²) in [6.07, 6.45) is 3.81. The highest BCUT2D eigenvalue weighted by molar-refractivity contribution is 6.03. The zero-order chi connectivity index (χ0) is 19.9. The molecular weight excluding hydrogens is 350 g/mol. The van der Waals surface area contributed by atoms with Crippen LogP contribution < -0.4 is 11.1 Å². The van der Waals surface area contributed by atoms with Gasteiger partial charge in [-0.3, -0.25) is 14.6 Å². The first-order chi connectivity index (χ1) is 13.5. The molecule has 2 amide bonds. The molecule has 1 heterocycles. The Morgan fingerprint density at radius 3 is 2.14 bits per heavy atom. The Balaban J connectivity index is 1.75. The van der Waals surface area contributed by atoms with Crippen molar-refractivity contribution in [3.8, 4) is 11.1 Å². The number of carbonyl (C=O) groups is 2. The zero-order valence-corrected chi connectivity index (χ0v) is 15.3. The van der Waals surface area contributed by atoms with Crippen LogP contribution >= 0.6 is 0 Å². The van der Waals surface area contributed by atoms with Gasteiger partial charge in [0.1, 0.15) is 0 Å². The lowest BCUT2D eigenvalue weighted by molar-refractivity contribution is -0.122. The monoisotopic (exact) mass is 371 g/mol. The van der Waals surface area contributed by atoms with Gasteiger partial charge >= 0.3 is 0 Å². The van der Waals surface area contributed by atoms with E-state index >= 15 is 0 Å². The summed E-state index contributed by atoms with van der Waals surface area (Å²) in [5, 5.41) is 2.86. The molecule has 0 bridgehead atoms. The number of nitrogens with two attached hydrogens (primary N) is 1. The van der Waals surface area contributed by atoms with Crippen LogP contribution in [0.4, 0.5) is 5.69 Å². The molecule has 0 radical (unpaired) electrons. The van der Waals surface area contributed by atoms with Gasteiger partial charge in [-0.1, -0.05) is 49.0 Å². The number of rotatable bonds is 7. The van der Waals surface area contributed by atoms with E-state index < -0.39 is 11.8 Å². The fraction of sp³-hybridized carbons (Fsp3) is 0.0870. The largest absolute Gasteiger partial charge is 0.366 e. The van der Waals surface area contributed by atoms with Gasteiger partial charge in [0, 0.05) is 23.7 Å². The maximum atomic E-state index is 12.8. The highest BCUT2D eigenvalue weighted by Gasteiger charge is 2.25. The number of aromatic nitrogens is 1. The van der Waals surface area contributed by atoms with Crippen LogP contribution in [0.5, 0.6) is 0 Å². The molecule has 140 valence electrons. The summed E-state index contributed by atoms with van der Waals surface area (Å²) in [5.74, 6) is -1.73. The topological polar surface area (TPSA) is 85.1 Å². The summed E-state index contributed by atoms with van der Waals surface area (Å²) in [5.41, 5.74) is 9.10. The molecule has 0 fully saturated rings. The van der Waals surface area contributed by atoms with Crippen molar-refractivity contribution in [2.45, 2.75) is 6.42 Å². The fourth-order valence-corrected chi connectivity index (χ4v) is 2.92. The van der Waals surface area contributed by atoms with Crippen LogP contribution in [-0.4, -0.2) is 16.8 Å². The van der Waals surface area contributed by atoms with Crippen molar-refractivity contribution in [2.24, 2.45) is 11.7 Å². The average Bonchev–Trinajstić information content (AvgIpc) is 2.73. The van der Waals surface area contributed by atoms with Crippen molar-refractivity contribution >= 4 is 17.5 Å². The van der Waals surface area contributed by atoms with Crippen LogP contribution in [0.2, 0.25) is 0 Å². The standard InChI is InChI=1S/C23H21N3O2/c1-16(22(24)27)21(15-17-5-3-2-4-6-17)23(28)26-20-9-7-18(8-10-20)19-11-13-25-14-12-19/h2-14,21H,1,15H2,(H2,24,27)(H,26,28)/t21-/m0/s1. The first-order valence-corrected chi connectivity index (χ1v) is 8.88. The van der Waals surface area contributed by atoms with Gasteiger partial charge < -0.3 is 11.1 Å². The Hall–Kier alpha value is -3.73. The van der Waals surface area contributed by atoms with Crippen molar-refractivity contribution in [1.29, 1.82) is 0 Å². The van der Waals surface area contributed by atoms with Gasteiger partial charge in [0.2, 0.25) is 11.8 Å². The van der Waals surface area contributed by atoms with Crippen LogP contribution in [0.1, 0.15) is 5.56 Å². The van der Waals surface area contributed by atoms with Gasteiger partial charge in [0.25, 0.3) is 0 Å². The lowest BCUT2D eigenvalue weighted by Crippen LogP contribution is -2.31. The van der Waals surface area contributed by atoms with Crippen molar-refractivity contribution in [2.75, 3.05) is 5.32 Å². The van der Waals surface area contributed by atoms with Crippen molar-refractivity contribution in [3.05, 3.63) is 96.8 Å². The summed E-state index contributed by atoms with van der Waals surface area (Å²) in [6, 6.07) is 20.8. The van der Waals surface area contributed by atoms with E-state index in [9.17, 15) is 9.59 Å². The third-order valence-corrected chi connectivity index (χ3v) is 4.50. The lowest BCUT2D eigenvalue weighted by Gasteiger charge is -2.18. The minimum absolute atomic E-state index is 0.0924. The molecule has 28 heavy (non-hydrogen) atoms. The van der Waals surface area contributed by atoms with Crippen LogP contribution in [0.15, 0.2) is 91.3 Å². The minimum Gasteiger partial charge on any atom is -0.366 e. The third kappa shape index (κ3) is 4.71. The first kappa shape index (κ1) is 19.0. The van der Waals surface area contributed by atoms with Crippen LogP contribution in [-0.2, 0) is 16.0 Å². The molecule has 0 saturated carbocycles. The SMILES string of the molecule is C=C(C(N)=O)[C@H](Cc1ccccc1)C(=O)Nc1ccc(-c2ccncc2)cc1. The number of anilines is 1. The van der Waals surface area contributed by atoms with Crippen LogP contribution in [0, 0.1) is 5.92 Å². The molecule has 1 atom stereocenters. The van der Waals surface area contributed by atoms with E-state index in [1.54, 1.807) is 12.4 Å². The molecule has 0 spiro atoms. The Bertz CT molecular complexity index is 968. The minimum atomic E-state index is -0.736. The normalized spacial score (nSPS) is 11.4. The molecule has 2 aromatic carbocycles. The molecular formula is C23H21N3O2. The Morgan fingerprint density at radius 1 is 0.929 bits per heavy atom. The van der Waals surface area contributed by atoms with Gasteiger partial charge in [0.15, 0.2) is 0 Å². The summed E-state index contributed by atoms with van der Waals surface area (Å²) in [6.45, 7) is 3.73. The highest BCUT2D eigenvalue weighted by Crippen LogP contribution is 2.22. The Labute approximate surface area is 163 Å². The molecule has 0 saturated heterocycles. The van der Waals surface area contributed by atoms with Crippen LogP contribution in [0.25, 0.3) is 11.1 Å². The highest BCUT2D eigenvalue weighted by atomic mass is 16.2. The number of nitrogens with zero attached hydrogens (tertiary/aromatic N) is 1. The third-order valence-electron chi connectivity index (χ3n) is 4.50. The molecule has 0 unspecified atom stereocenters. The number of hydrogen-bond donors (Lipinski definition) is 2. The molecule has 0 aliphatic heterocycles. The molecule has 0 aliphatic carbocycles. The predicted molar refractivity (Wildman–Crippen MR) is 110 cm³/mol. The van der Waals surface area contributed by atoms with Gasteiger partial charge in [0.05, 0.1) is 5.92 Å². The lowest BCUT2D eigenvalue weighted by atomic mass is 9.91. The number of benzene rings is 2. The van der Waals surface area contributed by atoms with Crippen molar-refractivity contribution in [3.63, 3.8) is 0 Å². The summed E-state index contributed by atoms with van der Waals surface area (Å²) >= 11 is 0. The fourth-order valence-electron chi connectivity index (χ4n) is 2.92. The maximum Gasteiger partial charge on any atom is 0.244 e. The molecule has 3 aromatic rings. The molecule has 0 aliphatic rings. The number of pyridine rings is 1. The predicted octanol–water partition coefficient (Wildman–Crippen LogP) is 3.59. The van der Waals surface area contributed by atoms with E-state index in [0.29, 0.717) is 12.1 Å². The second-order valence-corrected chi connectivity index (χ2v) is 6.43. The van der Waals surface area contributed by atoms with Crippen LogP contribution in [0.3, 0.4) is 0 Å². The van der Waals surface area contributed by atoms with Gasteiger partial charge in [-0.25, -0.2) is 0 Å². The summed E-state index contributed by atoms with van der Waals surface area (Å²) in [4.78, 5) is 28.5. The van der Waals surface area contributed by atoms with E-state index in [4.69, 9.17) is 5.73 Å². The molecule has 5 nitrogen and oxygen atoms in total. The molecule has 3 rings (SSSR count). The molecule has 1 aromatic heterocycles. The second-order valence-electron chi connectivity index (χ2n) is 6.43. The van der Waals surface area contributed by atoms with E-state index in [-0.39, 0.29) is 11.5 Å². The Morgan fingerprint density at radius 2 is 1.54 bits per heavy atom. The first-order valence-electron chi connectivity index (χ1n) is 8.88. The van der Waals surface area contributed by atoms with Crippen molar-refractivity contribution in [1.82, 2.24) is 4.98 Å². The van der Waals surface area contributed by atoms with Gasteiger partial charge in [-0.2, -0.15) is 0 Å². The number of amides is 2. The van der Waals surface area contributed by atoms with E-state index in [1.807, 2.05) is 66.7 Å². The number of primary amides is 1. The summed E-state index contributed by atoms with van der Waals surface area (Å²) < 4.78 is 0. The molecule has 3 N–H and O–H groups in total. The van der Waals surface area contributed by atoms with Crippen molar-refractivity contribution < 1.29 is 9.59 Å². The number of hydrogen-bond acceptors (Lipinski definition) is 3. The maximum absolute atomic E-state index is 12.8. The molecule has 5 heteroatoms. The number of nitrogens with one attached hydrogen (secondary N) is 1. The quantitative estimate of drug-likeness (QED) is 0.623. The smallest absolute Gasteiger partial charge is 0.244 e. The summed E-state index contributed by atoms with van der Waals surface area (Å²) in [7, 11) is 0. The average molecular weight is 371 g/mol. The van der Waals surface area contributed by atoms with E-state index in [0.717, 1.165) is 16.7 Å². The van der Waals surface area contributed by atoms with E-state index in [1.165, 1.54) is 0 Å². The van der Waals surface area contributed by atoms with Gasteiger partial charge in [-0.05, 0) is 47.4 Å². The van der Waals surface area contributed by atoms with E-state index in [2.05, 4.69) is 16.9 Å². The second kappa shape index (κ2) is 8.77. The Kier molecular flexibility index (Phi) is 5.97. The number of carbonyl (C=O) groups excluding carboxylic acids is 2. The zero-order valence-electron chi connectivity index (χ0n) is 15.3. The van der Waals surface area contributed by atoms with Gasteiger partial charge in [-0.15, -0.1) is 0 Å².